The second kappa shape index (κ2) is 5.95. The van der Waals surface area contributed by atoms with E-state index in [1.54, 1.807) is 18.4 Å². The maximum Gasteiger partial charge on any atom is 0.134 e. The molecule has 0 bridgehead atoms. The molecule has 0 amide bonds. The van der Waals surface area contributed by atoms with Crippen LogP contribution in [0.4, 0.5) is 5.82 Å². The number of pyridine rings is 1. The molecule has 1 atom stereocenters. The van der Waals surface area contributed by atoms with Gasteiger partial charge in [0, 0.05) is 23.4 Å². The second-order valence-electron chi connectivity index (χ2n) is 3.87. The van der Waals surface area contributed by atoms with Crippen molar-refractivity contribution in [1.29, 1.82) is 0 Å². The third-order valence-electron chi connectivity index (χ3n) is 2.60. The van der Waals surface area contributed by atoms with E-state index >= 15 is 0 Å². The Hall–Kier alpha value is -1.17. The van der Waals surface area contributed by atoms with Crippen LogP contribution in [-0.2, 0) is 4.74 Å². The van der Waals surface area contributed by atoms with Gasteiger partial charge in [0.2, 0.25) is 0 Å². The molecule has 4 nitrogen and oxygen atoms in total. The average molecular weight is 251 g/mol. The molecule has 0 spiro atoms. The number of nitrogens with two attached hydrogens (primary N) is 1. The molecule has 0 saturated carbocycles. The Morgan fingerprint density at radius 1 is 1.53 bits per heavy atom. The molecule has 0 radical (unpaired) electrons. The number of fused-ring (bicyclic) bond motifs is 1. The van der Waals surface area contributed by atoms with Crippen molar-refractivity contribution in [1.82, 2.24) is 4.98 Å². The third-order valence-corrected chi connectivity index (χ3v) is 3.49. The van der Waals surface area contributed by atoms with Crippen molar-refractivity contribution in [2.45, 2.75) is 12.5 Å². The molecule has 2 aromatic rings. The van der Waals surface area contributed by atoms with E-state index < -0.39 is 0 Å². The van der Waals surface area contributed by atoms with Crippen molar-refractivity contribution in [3.63, 3.8) is 0 Å². The van der Waals surface area contributed by atoms with Gasteiger partial charge in [-0.2, -0.15) is 0 Å². The molecule has 17 heavy (non-hydrogen) atoms. The summed E-state index contributed by atoms with van der Waals surface area (Å²) in [5.74, 6) is 0.916. The zero-order valence-corrected chi connectivity index (χ0v) is 10.7. The first-order valence-electron chi connectivity index (χ1n) is 5.63. The molecular formula is C12H17N3OS. The van der Waals surface area contributed by atoms with Crippen LogP contribution in [0.25, 0.3) is 10.1 Å². The van der Waals surface area contributed by atoms with E-state index in [9.17, 15) is 0 Å². The summed E-state index contributed by atoms with van der Waals surface area (Å²) < 4.78 is 6.42. The highest BCUT2D eigenvalue weighted by molar-refractivity contribution is 7.17. The maximum atomic E-state index is 5.59. The van der Waals surface area contributed by atoms with Gasteiger partial charge in [-0.15, -0.1) is 11.3 Å². The van der Waals surface area contributed by atoms with Crippen LogP contribution in [0.3, 0.4) is 0 Å². The van der Waals surface area contributed by atoms with Crippen LogP contribution in [0.15, 0.2) is 23.7 Å². The van der Waals surface area contributed by atoms with E-state index in [4.69, 9.17) is 10.5 Å². The molecule has 0 aliphatic carbocycles. The quantitative estimate of drug-likeness (QED) is 0.825. The van der Waals surface area contributed by atoms with Crippen LogP contribution in [0.1, 0.15) is 6.42 Å². The van der Waals surface area contributed by atoms with E-state index in [2.05, 4.69) is 21.7 Å². The Bertz CT molecular complexity index is 465. The van der Waals surface area contributed by atoms with Gasteiger partial charge in [-0.1, -0.05) is 0 Å². The predicted molar refractivity (Wildman–Crippen MR) is 72.6 cm³/mol. The smallest absolute Gasteiger partial charge is 0.134 e. The Balaban J connectivity index is 2.18. The van der Waals surface area contributed by atoms with Crippen LogP contribution >= 0.6 is 11.3 Å². The number of nitrogens with one attached hydrogen (secondary N) is 1. The van der Waals surface area contributed by atoms with Gasteiger partial charge >= 0.3 is 0 Å². The molecule has 2 heterocycles. The highest BCUT2D eigenvalue weighted by Gasteiger charge is 2.10. The molecule has 0 aromatic carbocycles. The van der Waals surface area contributed by atoms with Gasteiger partial charge in [-0.3, -0.25) is 0 Å². The summed E-state index contributed by atoms with van der Waals surface area (Å²) in [6.07, 6.45) is 2.70. The normalized spacial score (nSPS) is 12.8. The van der Waals surface area contributed by atoms with Gasteiger partial charge in [-0.05, 0) is 30.5 Å². The van der Waals surface area contributed by atoms with Gasteiger partial charge in [0.1, 0.15) is 5.82 Å². The van der Waals surface area contributed by atoms with Crippen molar-refractivity contribution >= 4 is 27.2 Å². The fraction of sp³-hybridized carbons (Fsp3) is 0.417. The van der Waals surface area contributed by atoms with Crippen molar-refractivity contribution in [3.8, 4) is 0 Å². The lowest BCUT2D eigenvalue weighted by molar-refractivity contribution is 0.183. The van der Waals surface area contributed by atoms with Crippen molar-refractivity contribution in [2.24, 2.45) is 5.73 Å². The lowest BCUT2D eigenvalue weighted by atomic mass is 10.2. The fourth-order valence-corrected chi connectivity index (χ4v) is 2.58. The summed E-state index contributed by atoms with van der Waals surface area (Å²) >= 11 is 1.72. The minimum absolute atomic E-state index is 0.211. The van der Waals surface area contributed by atoms with Crippen LogP contribution < -0.4 is 11.1 Å². The van der Waals surface area contributed by atoms with Crippen LogP contribution in [0.2, 0.25) is 0 Å². The van der Waals surface area contributed by atoms with E-state index in [-0.39, 0.29) is 6.04 Å². The first kappa shape index (κ1) is 12.3. The molecule has 0 aliphatic rings. The first-order valence-corrected chi connectivity index (χ1v) is 6.51. The zero-order chi connectivity index (χ0) is 12.1. The Morgan fingerprint density at radius 2 is 2.41 bits per heavy atom. The molecule has 0 saturated heterocycles. The lowest BCUT2D eigenvalue weighted by Gasteiger charge is -2.18. The standard InChI is InChI=1S/C12H17N3OS/c1-16-8-9(2-5-13)15-12-10-4-7-17-11(10)3-6-14-12/h3-4,6-7,9H,2,5,8,13H2,1H3,(H,14,15). The van der Waals surface area contributed by atoms with Gasteiger partial charge in [0.15, 0.2) is 0 Å². The number of thiophene rings is 1. The minimum Gasteiger partial charge on any atom is -0.383 e. The molecular weight excluding hydrogens is 234 g/mol. The SMILES string of the molecule is COCC(CCN)Nc1nccc2sccc12. The van der Waals surface area contributed by atoms with Crippen molar-refractivity contribution in [3.05, 3.63) is 23.7 Å². The summed E-state index contributed by atoms with van der Waals surface area (Å²) in [7, 11) is 1.70. The Morgan fingerprint density at radius 3 is 3.18 bits per heavy atom. The Kier molecular flexibility index (Phi) is 4.30. The number of rotatable bonds is 6. The van der Waals surface area contributed by atoms with Crippen LogP contribution in [-0.4, -0.2) is 31.3 Å². The summed E-state index contributed by atoms with van der Waals surface area (Å²) in [6.45, 7) is 1.28. The minimum atomic E-state index is 0.211. The highest BCUT2D eigenvalue weighted by atomic mass is 32.1. The van der Waals surface area contributed by atoms with Gasteiger partial charge < -0.3 is 15.8 Å². The van der Waals surface area contributed by atoms with Gasteiger partial charge in [-0.25, -0.2) is 4.98 Å². The summed E-state index contributed by atoms with van der Waals surface area (Å²) in [5.41, 5.74) is 5.59. The van der Waals surface area contributed by atoms with E-state index in [1.807, 2.05) is 12.3 Å². The zero-order valence-electron chi connectivity index (χ0n) is 9.85. The number of methoxy groups -OCH3 is 1. The monoisotopic (exact) mass is 251 g/mol. The number of aromatic nitrogens is 1. The van der Waals surface area contributed by atoms with Crippen molar-refractivity contribution in [2.75, 3.05) is 25.6 Å². The molecule has 5 heteroatoms. The average Bonchev–Trinajstić information content (AvgIpc) is 2.79. The molecule has 0 fully saturated rings. The number of hydrogen-bond donors (Lipinski definition) is 2. The van der Waals surface area contributed by atoms with Crippen LogP contribution in [0.5, 0.6) is 0 Å². The van der Waals surface area contributed by atoms with E-state index in [1.165, 1.54) is 4.70 Å². The largest absolute Gasteiger partial charge is 0.383 e. The fourth-order valence-electron chi connectivity index (χ4n) is 1.80. The number of ether oxygens (including phenoxy) is 1. The third kappa shape index (κ3) is 2.94. The summed E-state index contributed by atoms with van der Waals surface area (Å²) in [4.78, 5) is 4.38. The van der Waals surface area contributed by atoms with E-state index in [0.717, 1.165) is 17.6 Å². The molecule has 2 aromatic heterocycles. The van der Waals surface area contributed by atoms with Gasteiger partial charge in [0.25, 0.3) is 0 Å². The van der Waals surface area contributed by atoms with Gasteiger partial charge in [0.05, 0.1) is 12.6 Å². The molecule has 92 valence electrons. The van der Waals surface area contributed by atoms with Crippen LogP contribution in [0, 0.1) is 0 Å². The second-order valence-corrected chi connectivity index (χ2v) is 4.81. The Labute approximate surface area is 105 Å². The molecule has 1 unspecified atom stereocenters. The lowest BCUT2D eigenvalue weighted by Crippen LogP contribution is -2.28. The molecule has 0 aliphatic heterocycles. The number of nitrogens with zero attached hydrogens (tertiary/aromatic N) is 1. The number of anilines is 1. The first-order chi connectivity index (χ1) is 8.35. The highest BCUT2D eigenvalue weighted by Crippen LogP contribution is 2.26. The maximum absolute atomic E-state index is 5.59. The molecule has 3 N–H and O–H groups in total. The predicted octanol–water partition coefficient (Wildman–Crippen LogP) is 2.07. The molecule has 2 rings (SSSR count). The van der Waals surface area contributed by atoms with Crippen molar-refractivity contribution < 1.29 is 4.74 Å². The topological polar surface area (TPSA) is 60.2 Å². The number of hydrogen-bond acceptors (Lipinski definition) is 5. The summed E-state index contributed by atoms with van der Waals surface area (Å²) in [6, 6.07) is 4.32. The summed E-state index contributed by atoms with van der Waals surface area (Å²) in [5, 5.41) is 6.64. The van der Waals surface area contributed by atoms with E-state index in [0.29, 0.717) is 13.2 Å².